The molecule has 0 aromatic heterocycles. The molecule has 1 unspecified atom stereocenters. The van der Waals surface area contributed by atoms with E-state index in [1.807, 2.05) is 0 Å². The van der Waals surface area contributed by atoms with Crippen molar-refractivity contribution in [3.05, 3.63) is 13.0 Å². The Balaban J connectivity index is 2.91. The van der Waals surface area contributed by atoms with Crippen LogP contribution in [0, 0.1) is 13.0 Å². The highest BCUT2D eigenvalue weighted by Gasteiger charge is 1.98. The molecule has 0 fully saturated rings. The topological polar surface area (TPSA) is 40.5 Å². The number of aliphatic hydroxyl groups is 2. The van der Waals surface area contributed by atoms with Gasteiger partial charge in [-0.1, -0.05) is 0 Å². The van der Waals surface area contributed by atoms with Gasteiger partial charge in [0.1, 0.15) is 0 Å². The summed E-state index contributed by atoms with van der Waals surface area (Å²) in [4.78, 5) is 0. The van der Waals surface area contributed by atoms with Gasteiger partial charge >= 0.3 is 0 Å². The molecule has 0 saturated heterocycles. The average Bonchev–Trinajstić information content (AvgIpc) is 1.63. The van der Waals surface area contributed by atoms with Crippen molar-refractivity contribution >= 4 is 0 Å². The summed E-state index contributed by atoms with van der Waals surface area (Å²) in [5.74, 6) is 0. The summed E-state index contributed by atoms with van der Waals surface area (Å²) in [5, 5.41) is 17.3. The molecule has 0 aliphatic carbocycles. The van der Waals surface area contributed by atoms with Crippen LogP contribution in [0.25, 0.3) is 0 Å². The van der Waals surface area contributed by atoms with Crippen molar-refractivity contribution in [1.82, 2.24) is 0 Å². The summed E-state index contributed by atoms with van der Waals surface area (Å²) < 4.78 is 0. The fraction of sp³-hybridized carbons (Fsp3) is 0.714. The molecule has 0 amide bonds. The highest BCUT2D eigenvalue weighted by molar-refractivity contribution is 4.68. The first kappa shape index (κ1) is 8.92. The van der Waals surface area contributed by atoms with Gasteiger partial charge in [0, 0.05) is 0 Å². The van der Waals surface area contributed by atoms with Crippen LogP contribution in [-0.2, 0) is 0 Å². The Kier molecular flexibility index (Phi) is 4.72. The molecule has 54 valence electrons. The zero-order chi connectivity index (χ0) is 7.28. The van der Waals surface area contributed by atoms with E-state index in [0.29, 0.717) is 18.9 Å². The van der Waals surface area contributed by atoms with Crippen molar-refractivity contribution in [3.63, 3.8) is 0 Å². The first-order valence-corrected chi connectivity index (χ1v) is 3.15. The Hall–Kier alpha value is -0.0800. The van der Waals surface area contributed by atoms with Gasteiger partial charge in [0.25, 0.3) is 0 Å². The van der Waals surface area contributed by atoms with Gasteiger partial charge in [-0.15, -0.1) is 0 Å². The zero-order valence-electron chi connectivity index (χ0n) is 5.80. The van der Waals surface area contributed by atoms with E-state index in [-0.39, 0.29) is 0 Å². The lowest BCUT2D eigenvalue weighted by atomic mass is 10.1. The third-order valence-electron chi connectivity index (χ3n) is 1.08. The second-order valence-electron chi connectivity index (χ2n) is 2.28. The summed E-state index contributed by atoms with van der Waals surface area (Å²) >= 11 is 0. The van der Waals surface area contributed by atoms with Crippen LogP contribution in [-0.4, -0.2) is 16.3 Å². The number of hydrogen-bond acceptors (Lipinski definition) is 2. The molecule has 0 aliphatic heterocycles. The fourth-order valence-corrected chi connectivity index (χ4v) is 0.594. The molecule has 2 heteroatoms. The summed E-state index contributed by atoms with van der Waals surface area (Å²) in [6, 6.07) is 0. The van der Waals surface area contributed by atoms with Gasteiger partial charge in [0.2, 0.25) is 0 Å². The lowest BCUT2D eigenvalue weighted by Gasteiger charge is -2.03. The molecule has 2 radical (unpaired) electrons. The van der Waals surface area contributed by atoms with Crippen LogP contribution in [0.4, 0.5) is 0 Å². The van der Waals surface area contributed by atoms with Gasteiger partial charge in [-0.05, 0) is 33.1 Å². The van der Waals surface area contributed by atoms with Gasteiger partial charge in [-0.25, -0.2) is 0 Å². The monoisotopic (exact) mass is 130 g/mol. The molecular formula is C7H14O2. The predicted molar refractivity (Wildman–Crippen MR) is 36.1 cm³/mol. The smallest absolute Gasteiger partial charge is 0.0902 e. The molecule has 0 saturated carbocycles. The Labute approximate surface area is 56.5 Å². The van der Waals surface area contributed by atoms with Gasteiger partial charge < -0.3 is 10.2 Å². The van der Waals surface area contributed by atoms with E-state index >= 15 is 0 Å². The predicted octanol–water partition coefficient (Wildman–Crippen LogP) is 1.28. The lowest BCUT2D eigenvalue weighted by Crippen LogP contribution is -2.00. The molecule has 1 atom stereocenters. The van der Waals surface area contributed by atoms with E-state index < -0.39 is 6.10 Å². The van der Waals surface area contributed by atoms with E-state index in [1.54, 1.807) is 6.92 Å². The molecular weight excluding hydrogens is 116 g/mol. The second kappa shape index (κ2) is 4.77. The number of rotatable bonds is 4. The fourth-order valence-electron chi connectivity index (χ4n) is 0.594. The Bertz CT molecular complexity index is 51.9. The molecule has 9 heavy (non-hydrogen) atoms. The van der Waals surface area contributed by atoms with Crippen molar-refractivity contribution in [2.24, 2.45) is 0 Å². The molecule has 0 bridgehead atoms. The van der Waals surface area contributed by atoms with Gasteiger partial charge in [0.05, 0.1) is 12.2 Å². The molecule has 0 aliphatic rings. The van der Waals surface area contributed by atoms with E-state index in [9.17, 15) is 0 Å². The molecule has 0 aromatic rings. The Morgan fingerprint density at radius 2 is 2.22 bits per heavy atom. The molecule has 0 rings (SSSR count). The standard InChI is InChI=1S/C7H14O2/c1-6(8)4-3-5-7(2)9/h6,8-9H,1,3-5H2,2H3. The van der Waals surface area contributed by atoms with Crippen molar-refractivity contribution in [2.45, 2.75) is 32.3 Å². The summed E-state index contributed by atoms with van der Waals surface area (Å²) in [5.41, 5.74) is 0. The average molecular weight is 130 g/mol. The minimum atomic E-state index is -0.482. The maximum Gasteiger partial charge on any atom is 0.0902 e. The minimum Gasteiger partial charge on any atom is -0.393 e. The number of aliphatic hydroxyl groups excluding tert-OH is 2. The van der Waals surface area contributed by atoms with Crippen LogP contribution in [0.3, 0.4) is 0 Å². The first-order chi connectivity index (χ1) is 4.13. The van der Waals surface area contributed by atoms with Crippen molar-refractivity contribution < 1.29 is 10.2 Å². The van der Waals surface area contributed by atoms with E-state index in [0.717, 1.165) is 6.42 Å². The van der Waals surface area contributed by atoms with Crippen molar-refractivity contribution in [1.29, 1.82) is 0 Å². The van der Waals surface area contributed by atoms with E-state index in [4.69, 9.17) is 10.2 Å². The van der Waals surface area contributed by atoms with Gasteiger partial charge in [-0.3, -0.25) is 0 Å². The van der Waals surface area contributed by atoms with Crippen LogP contribution in [0.15, 0.2) is 0 Å². The quantitative estimate of drug-likeness (QED) is 0.601. The van der Waals surface area contributed by atoms with E-state index in [1.165, 1.54) is 0 Å². The third kappa shape index (κ3) is 7.92. The summed E-state index contributed by atoms with van der Waals surface area (Å²) in [6.45, 7) is 5.06. The van der Waals surface area contributed by atoms with Crippen molar-refractivity contribution in [2.75, 3.05) is 0 Å². The zero-order valence-corrected chi connectivity index (χ0v) is 5.80. The molecule has 2 nitrogen and oxygen atoms in total. The van der Waals surface area contributed by atoms with Crippen LogP contribution in [0.1, 0.15) is 26.2 Å². The van der Waals surface area contributed by atoms with Crippen LogP contribution < -0.4 is 0 Å². The van der Waals surface area contributed by atoms with Crippen molar-refractivity contribution in [3.8, 4) is 0 Å². The SMILES string of the molecule is [CH2]C(O)CCC[C](C)O. The van der Waals surface area contributed by atoms with Crippen LogP contribution in [0.2, 0.25) is 0 Å². The van der Waals surface area contributed by atoms with Crippen LogP contribution in [0.5, 0.6) is 0 Å². The largest absolute Gasteiger partial charge is 0.393 e. The van der Waals surface area contributed by atoms with Crippen LogP contribution >= 0.6 is 0 Å². The maximum absolute atomic E-state index is 8.68. The highest BCUT2D eigenvalue weighted by atomic mass is 16.3. The normalized spacial score (nSPS) is 14.3. The van der Waals surface area contributed by atoms with E-state index in [2.05, 4.69) is 6.92 Å². The molecule has 0 aromatic carbocycles. The van der Waals surface area contributed by atoms with Gasteiger partial charge in [-0.2, -0.15) is 0 Å². The minimum absolute atomic E-state index is 0.427. The van der Waals surface area contributed by atoms with Gasteiger partial charge in [0.15, 0.2) is 0 Å². The first-order valence-electron chi connectivity index (χ1n) is 3.15. The lowest BCUT2D eigenvalue weighted by molar-refractivity contribution is 0.200. The second-order valence-corrected chi connectivity index (χ2v) is 2.28. The Morgan fingerprint density at radius 3 is 2.56 bits per heavy atom. The summed E-state index contributed by atoms with van der Waals surface area (Å²) in [6.07, 6.45) is 2.09. The molecule has 0 spiro atoms. The third-order valence-corrected chi connectivity index (χ3v) is 1.08. The molecule has 2 N–H and O–H groups in total. The summed E-state index contributed by atoms with van der Waals surface area (Å²) in [7, 11) is 0. The Morgan fingerprint density at radius 1 is 1.67 bits per heavy atom. The molecule has 0 heterocycles. The number of hydrogen-bond donors (Lipinski definition) is 2. The maximum atomic E-state index is 8.68. The highest BCUT2D eigenvalue weighted by Crippen LogP contribution is 2.06.